The SMILES string of the molecule is Cc1cc(C)c(C)c(C(=O)C2(P)CCCCC2)c1C. The van der Waals surface area contributed by atoms with E-state index in [1.807, 2.05) is 0 Å². The maximum absolute atomic E-state index is 13.0. The molecule has 1 aromatic carbocycles. The predicted molar refractivity (Wildman–Crippen MR) is 85.2 cm³/mol. The van der Waals surface area contributed by atoms with Crippen LogP contribution in [0.5, 0.6) is 0 Å². The Morgan fingerprint density at radius 1 is 1.00 bits per heavy atom. The minimum atomic E-state index is -0.214. The standard InChI is InChI=1S/C17H25OP/c1-11-10-12(2)14(4)15(13(11)3)16(18)17(19)8-6-5-7-9-17/h10H,5-9,19H2,1-4H3. The van der Waals surface area contributed by atoms with Gasteiger partial charge in [0.1, 0.15) is 0 Å². The largest absolute Gasteiger partial charge is 0.293 e. The van der Waals surface area contributed by atoms with Crippen LogP contribution < -0.4 is 0 Å². The van der Waals surface area contributed by atoms with Crippen molar-refractivity contribution in [1.82, 2.24) is 0 Å². The van der Waals surface area contributed by atoms with E-state index in [9.17, 15) is 4.79 Å². The van der Waals surface area contributed by atoms with Crippen molar-refractivity contribution in [1.29, 1.82) is 0 Å². The van der Waals surface area contributed by atoms with Crippen LogP contribution in [0, 0.1) is 27.7 Å². The molecule has 0 aromatic heterocycles. The summed E-state index contributed by atoms with van der Waals surface area (Å²) in [6.07, 6.45) is 5.66. The second-order valence-electron chi connectivity index (χ2n) is 6.18. The summed E-state index contributed by atoms with van der Waals surface area (Å²) in [5.74, 6) is 0.346. The van der Waals surface area contributed by atoms with Crippen molar-refractivity contribution in [2.75, 3.05) is 0 Å². The van der Waals surface area contributed by atoms with Crippen molar-refractivity contribution in [2.45, 2.75) is 65.0 Å². The number of Topliss-reactive ketones (excluding diaryl/α,β-unsaturated/α-hetero) is 1. The van der Waals surface area contributed by atoms with E-state index < -0.39 is 0 Å². The van der Waals surface area contributed by atoms with Gasteiger partial charge in [-0.05, 0) is 62.8 Å². The van der Waals surface area contributed by atoms with Crippen molar-refractivity contribution in [3.8, 4) is 0 Å². The maximum Gasteiger partial charge on any atom is 0.173 e. The maximum atomic E-state index is 13.0. The smallest absolute Gasteiger partial charge is 0.173 e. The average molecular weight is 276 g/mol. The van der Waals surface area contributed by atoms with Crippen molar-refractivity contribution in [2.24, 2.45) is 0 Å². The van der Waals surface area contributed by atoms with Crippen LogP contribution in [0.25, 0.3) is 0 Å². The molecule has 1 atom stereocenters. The topological polar surface area (TPSA) is 17.1 Å². The van der Waals surface area contributed by atoms with E-state index in [1.165, 1.54) is 41.5 Å². The molecular formula is C17H25OP. The quantitative estimate of drug-likeness (QED) is 0.566. The first-order valence-corrected chi connectivity index (χ1v) is 7.85. The fourth-order valence-corrected chi connectivity index (χ4v) is 3.77. The van der Waals surface area contributed by atoms with Crippen LogP contribution >= 0.6 is 9.24 Å². The summed E-state index contributed by atoms with van der Waals surface area (Å²) in [4.78, 5) is 13.0. The van der Waals surface area contributed by atoms with Gasteiger partial charge < -0.3 is 0 Å². The molecule has 1 aliphatic rings. The van der Waals surface area contributed by atoms with E-state index >= 15 is 0 Å². The van der Waals surface area contributed by atoms with Gasteiger partial charge in [-0.15, -0.1) is 9.24 Å². The summed E-state index contributed by atoms with van der Waals surface area (Å²) < 4.78 is 0. The highest BCUT2D eigenvalue weighted by molar-refractivity contribution is 7.21. The second kappa shape index (κ2) is 5.37. The molecule has 0 bridgehead atoms. The third kappa shape index (κ3) is 2.63. The molecule has 0 heterocycles. The summed E-state index contributed by atoms with van der Waals surface area (Å²) in [7, 11) is 2.88. The zero-order valence-electron chi connectivity index (χ0n) is 12.6. The zero-order valence-corrected chi connectivity index (χ0v) is 13.8. The monoisotopic (exact) mass is 276 g/mol. The van der Waals surface area contributed by atoms with Gasteiger partial charge in [-0.3, -0.25) is 4.79 Å². The molecule has 19 heavy (non-hydrogen) atoms. The highest BCUT2D eigenvalue weighted by Gasteiger charge is 2.36. The van der Waals surface area contributed by atoms with Crippen LogP contribution in [0.2, 0.25) is 0 Å². The number of benzene rings is 1. The fraction of sp³-hybridized carbons (Fsp3) is 0.588. The molecule has 1 fully saturated rings. The minimum Gasteiger partial charge on any atom is -0.293 e. The Bertz CT molecular complexity index is 484. The molecule has 1 aromatic rings. The number of hydrogen-bond acceptors (Lipinski definition) is 1. The zero-order chi connectivity index (χ0) is 14.2. The van der Waals surface area contributed by atoms with Gasteiger partial charge in [0.05, 0.1) is 0 Å². The first kappa shape index (κ1) is 14.7. The van der Waals surface area contributed by atoms with Crippen LogP contribution in [-0.2, 0) is 0 Å². The number of hydrogen-bond donors (Lipinski definition) is 0. The molecule has 2 heteroatoms. The van der Waals surface area contributed by atoms with Crippen LogP contribution in [0.4, 0.5) is 0 Å². The van der Waals surface area contributed by atoms with Crippen LogP contribution in [0.15, 0.2) is 6.07 Å². The van der Waals surface area contributed by atoms with E-state index in [0.29, 0.717) is 5.78 Å². The van der Waals surface area contributed by atoms with Crippen molar-refractivity contribution >= 4 is 15.0 Å². The van der Waals surface area contributed by atoms with Crippen LogP contribution in [0.1, 0.15) is 64.7 Å². The summed E-state index contributed by atoms with van der Waals surface area (Å²) in [5.41, 5.74) is 5.78. The number of carbonyl (C=O) groups is 1. The summed E-state index contributed by atoms with van der Waals surface area (Å²) in [6.45, 7) is 8.39. The second-order valence-corrected chi connectivity index (χ2v) is 7.29. The molecule has 0 amide bonds. The molecule has 104 valence electrons. The molecule has 0 aliphatic heterocycles. The first-order chi connectivity index (χ1) is 8.87. The summed E-state index contributed by atoms with van der Waals surface area (Å²) >= 11 is 0. The molecule has 0 N–H and O–H groups in total. The Morgan fingerprint density at radius 3 is 1.95 bits per heavy atom. The molecule has 1 unspecified atom stereocenters. The fourth-order valence-electron chi connectivity index (χ4n) is 3.22. The van der Waals surface area contributed by atoms with Crippen molar-refractivity contribution in [3.63, 3.8) is 0 Å². The molecule has 1 nitrogen and oxygen atoms in total. The Kier molecular flexibility index (Phi) is 4.16. The number of aryl methyl sites for hydroxylation is 2. The van der Waals surface area contributed by atoms with E-state index in [0.717, 1.165) is 18.4 Å². The van der Waals surface area contributed by atoms with Gasteiger partial charge in [-0.2, -0.15) is 0 Å². The lowest BCUT2D eigenvalue weighted by Crippen LogP contribution is -2.35. The van der Waals surface area contributed by atoms with E-state index in [2.05, 4.69) is 43.0 Å². The lowest BCUT2D eigenvalue weighted by atomic mass is 9.79. The lowest BCUT2D eigenvalue weighted by Gasteiger charge is -2.33. The predicted octanol–water partition coefficient (Wildman–Crippen LogP) is 4.68. The van der Waals surface area contributed by atoms with Crippen molar-refractivity contribution < 1.29 is 4.79 Å². The highest BCUT2D eigenvalue weighted by Crippen LogP contribution is 2.40. The Labute approximate surface area is 119 Å². The number of rotatable bonds is 2. The molecule has 2 rings (SSSR count). The third-order valence-corrected chi connectivity index (χ3v) is 5.63. The minimum absolute atomic E-state index is 0.214. The number of ketones is 1. The molecular weight excluding hydrogens is 251 g/mol. The van der Waals surface area contributed by atoms with Crippen molar-refractivity contribution in [3.05, 3.63) is 33.9 Å². The van der Waals surface area contributed by atoms with Gasteiger partial charge in [-0.1, -0.05) is 25.3 Å². The van der Waals surface area contributed by atoms with E-state index in [1.54, 1.807) is 0 Å². The highest BCUT2D eigenvalue weighted by atomic mass is 31.0. The molecule has 0 saturated heterocycles. The Morgan fingerprint density at radius 2 is 1.47 bits per heavy atom. The van der Waals surface area contributed by atoms with Gasteiger partial charge >= 0.3 is 0 Å². The Hall–Kier alpha value is -0.680. The molecule has 1 saturated carbocycles. The molecule has 0 spiro atoms. The lowest BCUT2D eigenvalue weighted by molar-refractivity contribution is 0.0916. The van der Waals surface area contributed by atoms with Gasteiger partial charge in [-0.25, -0.2) is 0 Å². The van der Waals surface area contributed by atoms with Crippen LogP contribution in [-0.4, -0.2) is 10.9 Å². The normalized spacial score (nSPS) is 18.4. The Balaban J connectivity index is 2.49. The van der Waals surface area contributed by atoms with Crippen LogP contribution in [0.3, 0.4) is 0 Å². The summed E-state index contributed by atoms with van der Waals surface area (Å²) in [5, 5.41) is -0.214. The average Bonchev–Trinajstić information content (AvgIpc) is 2.37. The first-order valence-electron chi connectivity index (χ1n) is 7.28. The van der Waals surface area contributed by atoms with Gasteiger partial charge in [0.2, 0.25) is 0 Å². The van der Waals surface area contributed by atoms with Gasteiger partial charge in [0.15, 0.2) is 5.78 Å². The molecule has 1 aliphatic carbocycles. The summed E-state index contributed by atoms with van der Waals surface area (Å²) in [6, 6.07) is 2.19. The molecule has 0 radical (unpaired) electrons. The van der Waals surface area contributed by atoms with Gasteiger partial charge in [0.25, 0.3) is 0 Å². The van der Waals surface area contributed by atoms with E-state index in [4.69, 9.17) is 0 Å². The van der Waals surface area contributed by atoms with E-state index in [-0.39, 0.29) is 5.16 Å². The number of carbonyl (C=O) groups excluding carboxylic acids is 1. The van der Waals surface area contributed by atoms with Gasteiger partial charge in [0, 0.05) is 10.7 Å². The third-order valence-electron chi connectivity index (χ3n) is 4.79.